The highest BCUT2D eigenvalue weighted by molar-refractivity contribution is 5.76. The molecule has 2 aromatic rings. The lowest BCUT2D eigenvalue weighted by Gasteiger charge is -2.00. The lowest BCUT2D eigenvalue weighted by Crippen LogP contribution is -1.98. The predicted octanol–water partition coefficient (Wildman–Crippen LogP) is 1.48. The Kier molecular flexibility index (Phi) is 1.96. The summed E-state index contributed by atoms with van der Waals surface area (Å²) in [5, 5.41) is 7.87. The van der Waals surface area contributed by atoms with Crippen LogP contribution in [0.1, 0.15) is 25.4 Å². The second-order valence-electron chi connectivity index (χ2n) is 2.93. The molecule has 0 spiro atoms. The van der Waals surface area contributed by atoms with E-state index in [0.717, 1.165) is 35.4 Å². The number of aryl methyl sites for hydroxylation is 2. The molecular formula is C9H12N4. The number of H-pyrrole nitrogens is 1. The van der Waals surface area contributed by atoms with Crippen molar-refractivity contribution in [2.45, 2.75) is 26.7 Å². The molecule has 0 saturated carbocycles. The van der Waals surface area contributed by atoms with Crippen LogP contribution in [-0.2, 0) is 12.8 Å². The summed E-state index contributed by atoms with van der Waals surface area (Å²) in [5.41, 5.74) is 1.93. The molecule has 0 aromatic carbocycles. The van der Waals surface area contributed by atoms with E-state index >= 15 is 0 Å². The molecule has 0 aliphatic rings. The van der Waals surface area contributed by atoms with Gasteiger partial charge in [0.2, 0.25) is 0 Å². The van der Waals surface area contributed by atoms with Crippen LogP contribution in [0.3, 0.4) is 0 Å². The van der Waals surface area contributed by atoms with E-state index in [-0.39, 0.29) is 0 Å². The van der Waals surface area contributed by atoms with Gasteiger partial charge in [-0.25, -0.2) is 9.97 Å². The average Bonchev–Trinajstić information content (AvgIpc) is 2.63. The van der Waals surface area contributed by atoms with E-state index in [1.165, 1.54) is 0 Å². The third-order valence-electron chi connectivity index (χ3n) is 2.09. The number of nitrogens with one attached hydrogen (secondary N) is 1. The van der Waals surface area contributed by atoms with E-state index in [0.29, 0.717) is 0 Å². The predicted molar refractivity (Wildman–Crippen MR) is 50.4 cm³/mol. The first-order chi connectivity index (χ1) is 6.35. The number of hydrogen-bond acceptors (Lipinski definition) is 3. The Morgan fingerprint density at radius 3 is 2.77 bits per heavy atom. The summed E-state index contributed by atoms with van der Waals surface area (Å²) in [6, 6.07) is 0. The van der Waals surface area contributed by atoms with Crippen molar-refractivity contribution < 1.29 is 0 Å². The molecule has 4 heteroatoms. The zero-order valence-corrected chi connectivity index (χ0v) is 7.83. The van der Waals surface area contributed by atoms with Crippen LogP contribution in [-0.4, -0.2) is 20.2 Å². The maximum Gasteiger partial charge on any atom is 0.159 e. The van der Waals surface area contributed by atoms with Crippen LogP contribution in [0.4, 0.5) is 0 Å². The van der Waals surface area contributed by atoms with Gasteiger partial charge in [-0.3, -0.25) is 5.10 Å². The molecule has 0 bridgehead atoms. The van der Waals surface area contributed by atoms with E-state index in [9.17, 15) is 0 Å². The van der Waals surface area contributed by atoms with Crippen molar-refractivity contribution in [2.75, 3.05) is 0 Å². The number of nitrogens with zero attached hydrogens (tertiary/aromatic N) is 3. The highest BCUT2D eigenvalue weighted by Gasteiger charge is 2.05. The van der Waals surface area contributed by atoms with E-state index in [4.69, 9.17) is 0 Å². The fraction of sp³-hybridized carbons (Fsp3) is 0.444. The van der Waals surface area contributed by atoms with Crippen molar-refractivity contribution in [1.29, 1.82) is 0 Å². The first kappa shape index (κ1) is 8.16. The summed E-state index contributed by atoms with van der Waals surface area (Å²) in [4.78, 5) is 8.77. The van der Waals surface area contributed by atoms with Crippen LogP contribution in [0.25, 0.3) is 11.0 Å². The van der Waals surface area contributed by atoms with E-state index < -0.39 is 0 Å². The number of hydrogen-bond donors (Lipinski definition) is 1. The first-order valence-corrected chi connectivity index (χ1v) is 4.54. The number of aromatic nitrogens is 4. The van der Waals surface area contributed by atoms with Crippen molar-refractivity contribution >= 4 is 11.0 Å². The van der Waals surface area contributed by atoms with Gasteiger partial charge >= 0.3 is 0 Å². The van der Waals surface area contributed by atoms with Gasteiger partial charge in [-0.2, -0.15) is 5.10 Å². The van der Waals surface area contributed by atoms with Crippen molar-refractivity contribution in [3.63, 3.8) is 0 Å². The van der Waals surface area contributed by atoms with Crippen molar-refractivity contribution in [3.05, 3.63) is 17.7 Å². The molecule has 0 aliphatic heterocycles. The van der Waals surface area contributed by atoms with Crippen LogP contribution in [0, 0.1) is 0 Å². The SMILES string of the molecule is CCc1nc(CC)c2cn[nH]c2n1. The van der Waals surface area contributed by atoms with Crippen LogP contribution in [0.15, 0.2) is 6.20 Å². The van der Waals surface area contributed by atoms with Crippen molar-refractivity contribution in [1.82, 2.24) is 20.2 Å². The largest absolute Gasteiger partial charge is 0.261 e. The Hall–Kier alpha value is -1.45. The monoisotopic (exact) mass is 176 g/mol. The highest BCUT2D eigenvalue weighted by Crippen LogP contribution is 2.13. The Balaban J connectivity index is 2.70. The Labute approximate surface area is 76.4 Å². The second-order valence-corrected chi connectivity index (χ2v) is 2.93. The molecule has 2 aromatic heterocycles. The van der Waals surface area contributed by atoms with Crippen molar-refractivity contribution in [3.8, 4) is 0 Å². The molecule has 0 unspecified atom stereocenters. The summed E-state index contributed by atoms with van der Waals surface area (Å²) in [5.74, 6) is 0.883. The lowest BCUT2D eigenvalue weighted by atomic mass is 10.2. The summed E-state index contributed by atoms with van der Waals surface area (Å²) >= 11 is 0. The Morgan fingerprint density at radius 2 is 2.08 bits per heavy atom. The molecule has 2 rings (SSSR count). The number of fused-ring (bicyclic) bond motifs is 1. The zero-order valence-electron chi connectivity index (χ0n) is 7.83. The van der Waals surface area contributed by atoms with Gasteiger partial charge in [0, 0.05) is 6.42 Å². The summed E-state index contributed by atoms with van der Waals surface area (Å²) < 4.78 is 0. The molecule has 4 nitrogen and oxygen atoms in total. The molecule has 0 radical (unpaired) electrons. The third-order valence-corrected chi connectivity index (χ3v) is 2.09. The third kappa shape index (κ3) is 1.28. The molecule has 0 aliphatic carbocycles. The summed E-state index contributed by atoms with van der Waals surface area (Å²) in [6.45, 7) is 4.14. The molecule has 1 N–H and O–H groups in total. The van der Waals surface area contributed by atoms with Gasteiger partial charge in [0.15, 0.2) is 5.65 Å². The van der Waals surface area contributed by atoms with E-state index in [2.05, 4.69) is 34.0 Å². The lowest BCUT2D eigenvalue weighted by molar-refractivity contribution is 0.907. The number of rotatable bonds is 2. The zero-order chi connectivity index (χ0) is 9.26. The maximum atomic E-state index is 4.44. The van der Waals surface area contributed by atoms with Gasteiger partial charge in [0.25, 0.3) is 0 Å². The fourth-order valence-electron chi connectivity index (χ4n) is 1.37. The minimum Gasteiger partial charge on any atom is -0.261 e. The topological polar surface area (TPSA) is 54.5 Å². The summed E-state index contributed by atoms with van der Waals surface area (Å²) in [7, 11) is 0. The molecule has 0 saturated heterocycles. The Morgan fingerprint density at radius 1 is 1.23 bits per heavy atom. The standard InChI is InChI=1S/C9H12N4/c1-3-7-6-5-10-13-9(6)12-8(4-2)11-7/h5H,3-4H2,1-2H3,(H,10,11,12,13). The molecule has 0 amide bonds. The molecular weight excluding hydrogens is 164 g/mol. The molecule has 13 heavy (non-hydrogen) atoms. The highest BCUT2D eigenvalue weighted by atomic mass is 15.1. The van der Waals surface area contributed by atoms with Gasteiger partial charge in [-0.05, 0) is 6.42 Å². The second kappa shape index (κ2) is 3.12. The Bertz CT molecular complexity index is 418. The molecule has 0 atom stereocenters. The van der Waals surface area contributed by atoms with Gasteiger partial charge in [0.05, 0.1) is 17.3 Å². The van der Waals surface area contributed by atoms with Crippen LogP contribution in [0.5, 0.6) is 0 Å². The van der Waals surface area contributed by atoms with Gasteiger partial charge in [-0.1, -0.05) is 13.8 Å². The van der Waals surface area contributed by atoms with Gasteiger partial charge in [0.1, 0.15) is 5.82 Å². The fourth-order valence-corrected chi connectivity index (χ4v) is 1.37. The smallest absolute Gasteiger partial charge is 0.159 e. The molecule has 68 valence electrons. The first-order valence-electron chi connectivity index (χ1n) is 4.54. The average molecular weight is 176 g/mol. The summed E-state index contributed by atoms with van der Waals surface area (Å²) in [6.07, 6.45) is 3.57. The quantitative estimate of drug-likeness (QED) is 0.754. The molecule has 0 fully saturated rings. The van der Waals surface area contributed by atoms with Crippen molar-refractivity contribution in [2.24, 2.45) is 0 Å². The molecule has 2 heterocycles. The normalized spacial score (nSPS) is 10.9. The van der Waals surface area contributed by atoms with E-state index in [1.807, 2.05) is 0 Å². The van der Waals surface area contributed by atoms with E-state index in [1.54, 1.807) is 6.20 Å². The van der Waals surface area contributed by atoms with Crippen LogP contribution in [0.2, 0.25) is 0 Å². The van der Waals surface area contributed by atoms with Gasteiger partial charge in [-0.15, -0.1) is 0 Å². The van der Waals surface area contributed by atoms with Crippen LogP contribution < -0.4 is 0 Å². The minimum atomic E-state index is 0.851. The maximum absolute atomic E-state index is 4.44. The minimum absolute atomic E-state index is 0.851. The number of aromatic amines is 1. The van der Waals surface area contributed by atoms with Gasteiger partial charge < -0.3 is 0 Å². The van der Waals surface area contributed by atoms with Crippen LogP contribution >= 0.6 is 0 Å².